The molecule has 0 amide bonds. The van der Waals surface area contributed by atoms with E-state index in [9.17, 15) is 0 Å². The Bertz CT molecular complexity index is 445. The fourth-order valence-corrected chi connectivity index (χ4v) is 3.59. The second-order valence-electron chi connectivity index (χ2n) is 3.19. The molecule has 0 bridgehead atoms. The monoisotopic (exact) mass is 314 g/mol. The molecule has 2 rings (SSSR count). The molecule has 1 atom stereocenters. The zero-order chi connectivity index (χ0) is 11.4. The van der Waals surface area contributed by atoms with Gasteiger partial charge in [-0.05, 0) is 50.5 Å². The number of hydrogen-bond donors (Lipinski definition) is 1. The fourth-order valence-electron chi connectivity index (χ4n) is 1.30. The molecule has 2 nitrogen and oxygen atoms in total. The molecule has 0 aromatic carbocycles. The summed E-state index contributed by atoms with van der Waals surface area (Å²) in [5.74, 6) is 0. The molecule has 2 aromatic heterocycles. The predicted octanol–water partition coefficient (Wildman–Crippen LogP) is 3.70. The third kappa shape index (κ3) is 2.85. The second-order valence-corrected chi connectivity index (χ2v) is 6.02. The predicted molar refractivity (Wildman–Crippen MR) is 73.9 cm³/mol. The molecule has 5 heteroatoms. The summed E-state index contributed by atoms with van der Waals surface area (Å²) in [6.07, 6.45) is 1.80. The van der Waals surface area contributed by atoms with E-state index < -0.39 is 0 Å². The highest BCUT2D eigenvalue weighted by Crippen LogP contribution is 2.37. The quantitative estimate of drug-likeness (QED) is 0.875. The van der Waals surface area contributed by atoms with Gasteiger partial charge in [-0.3, -0.25) is 0 Å². The molecule has 1 unspecified atom stereocenters. The zero-order valence-corrected chi connectivity index (χ0v) is 11.7. The van der Waals surface area contributed by atoms with E-state index in [0.717, 1.165) is 9.50 Å². The van der Waals surface area contributed by atoms with E-state index in [1.165, 1.54) is 5.56 Å². The van der Waals surface area contributed by atoms with E-state index in [4.69, 9.17) is 5.73 Å². The van der Waals surface area contributed by atoms with Gasteiger partial charge in [0, 0.05) is 22.5 Å². The van der Waals surface area contributed by atoms with Gasteiger partial charge in [0.05, 0.1) is 0 Å². The lowest BCUT2D eigenvalue weighted by Crippen LogP contribution is -2.08. The largest absolute Gasteiger partial charge is 0.329 e. The Balaban J connectivity index is 2.17. The Morgan fingerprint density at radius 3 is 3.00 bits per heavy atom. The van der Waals surface area contributed by atoms with E-state index >= 15 is 0 Å². The number of pyridine rings is 1. The molecule has 0 aliphatic heterocycles. The van der Waals surface area contributed by atoms with Crippen molar-refractivity contribution in [2.45, 2.75) is 10.3 Å². The molecule has 0 radical (unpaired) electrons. The molecule has 0 aliphatic rings. The third-order valence-electron chi connectivity index (χ3n) is 2.11. The Morgan fingerprint density at radius 1 is 1.50 bits per heavy atom. The molecule has 16 heavy (non-hydrogen) atoms. The highest BCUT2D eigenvalue weighted by Gasteiger charge is 2.14. The highest BCUT2D eigenvalue weighted by molar-refractivity contribution is 9.10. The lowest BCUT2D eigenvalue weighted by atomic mass is 10.2. The maximum Gasteiger partial charge on any atom is 0.111 e. The first-order valence-corrected chi connectivity index (χ1v) is 7.42. The van der Waals surface area contributed by atoms with Gasteiger partial charge in [0.2, 0.25) is 0 Å². The van der Waals surface area contributed by atoms with Crippen LogP contribution in [-0.2, 0) is 0 Å². The van der Waals surface area contributed by atoms with Crippen LogP contribution in [0.4, 0.5) is 0 Å². The summed E-state index contributed by atoms with van der Waals surface area (Å²) in [6, 6.07) is 6.03. The third-order valence-corrected chi connectivity index (χ3v) is 5.01. The molecule has 2 aromatic rings. The number of rotatable bonds is 4. The number of thiophene rings is 1. The number of thioether (sulfide) groups is 1. The average Bonchev–Trinajstić information content (AvgIpc) is 2.81. The second kappa shape index (κ2) is 5.82. The normalized spacial score (nSPS) is 12.6. The summed E-state index contributed by atoms with van der Waals surface area (Å²) in [4.78, 5) is 4.34. The first-order chi connectivity index (χ1) is 7.81. The van der Waals surface area contributed by atoms with Crippen molar-refractivity contribution in [1.82, 2.24) is 4.98 Å². The van der Waals surface area contributed by atoms with E-state index in [0.29, 0.717) is 6.54 Å². The van der Waals surface area contributed by atoms with Crippen LogP contribution in [-0.4, -0.2) is 11.5 Å². The van der Waals surface area contributed by atoms with Gasteiger partial charge in [0.15, 0.2) is 0 Å². The van der Waals surface area contributed by atoms with Crippen molar-refractivity contribution in [3.05, 3.63) is 45.2 Å². The lowest BCUT2D eigenvalue weighted by Gasteiger charge is -2.12. The van der Waals surface area contributed by atoms with Crippen LogP contribution >= 0.6 is 39.0 Å². The average molecular weight is 315 g/mol. The molecule has 2 N–H and O–H groups in total. The number of hydrogen-bond acceptors (Lipinski definition) is 4. The molecule has 2 heterocycles. The van der Waals surface area contributed by atoms with Gasteiger partial charge >= 0.3 is 0 Å². The van der Waals surface area contributed by atoms with Gasteiger partial charge in [-0.15, -0.1) is 0 Å². The van der Waals surface area contributed by atoms with Crippen LogP contribution in [0.3, 0.4) is 0 Å². The minimum absolute atomic E-state index is 0.275. The first kappa shape index (κ1) is 12.1. The molecular weight excluding hydrogens is 304 g/mol. The Kier molecular flexibility index (Phi) is 4.40. The molecule has 0 saturated carbocycles. The number of aromatic nitrogens is 1. The number of nitrogens with zero attached hydrogens (tertiary/aromatic N) is 1. The smallest absolute Gasteiger partial charge is 0.111 e. The van der Waals surface area contributed by atoms with E-state index in [1.807, 2.05) is 12.1 Å². The molecule has 0 fully saturated rings. The van der Waals surface area contributed by atoms with Crippen LogP contribution in [0.15, 0.2) is 44.7 Å². The summed E-state index contributed by atoms with van der Waals surface area (Å²) in [5.41, 5.74) is 7.08. The van der Waals surface area contributed by atoms with Crippen LogP contribution in [0.25, 0.3) is 0 Å². The van der Waals surface area contributed by atoms with Crippen LogP contribution in [0.2, 0.25) is 0 Å². The fraction of sp³-hybridized carbons (Fsp3) is 0.182. The molecule has 0 aliphatic carbocycles. The van der Waals surface area contributed by atoms with Crippen molar-refractivity contribution in [3.8, 4) is 0 Å². The van der Waals surface area contributed by atoms with Crippen molar-refractivity contribution < 1.29 is 0 Å². The highest BCUT2D eigenvalue weighted by atomic mass is 79.9. The molecule has 0 spiro atoms. The Labute approximate surface area is 111 Å². The number of halogens is 1. The van der Waals surface area contributed by atoms with Crippen molar-refractivity contribution in [2.24, 2.45) is 5.73 Å². The molecule has 84 valence electrons. The minimum Gasteiger partial charge on any atom is -0.329 e. The first-order valence-electron chi connectivity index (χ1n) is 4.80. The van der Waals surface area contributed by atoms with Crippen molar-refractivity contribution in [3.63, 3.8) is 0 Å². The van der Waals surface area contributed by atoms with Gasteiger partial charge in [0.1, 0.15) is 5.03 Å². The molecular formula is C11H11BrN2S2. The van der Waals surface area contributed by atoms with Crippen LogP contribution < -0.4 is 5.73 Å². The summed E-state index contributed by atoms with van der Waals surface area (Å²) in [7, 11) is 0. The maximum atomic E-state index is 5.80. The minimum atomic E-state index is 0.275. The van der Waals surface area contributed by atoms with Crippen LogP contribution in [0, 0.1) is 0 Å². The van der Waals surface area contributed by atoms with Crippen LogP contribution in [0.1, 0.15) is 10.8 Å². The lowest BCUT2D eigenvalue weighted by molar-refractivity contribution is 0.938. The Morgan fingerprint density at radius 2 is 2.38 bits per heavy atom. The van der Waals surface area contributed by atoms with Gasteiger partial charge in [-0.2, -0.15) is 11.3 Å². The summed E-state index contributed by atoms with van der Waals surface area (Å²) >= 11 is 6.89. The van der Waals surface area contributed by atoms with Gasteiger partial charge in [-0.1, -0.05) is 11.8 Å². The summed E-state index contributed by atoms with van der Waals surface area (Å²) < 4.78 is 1.02. The summed E-state index contributed by atoms with van der Waals surface area (Å²) in [5, 5.41) is 5.48. The standard InChI is InChI=1S/C11H11BrN2S2/c12-9-2-1-4-14-11(9)16-10(6-13)8-3-5-15-7-8/h1-5,7,10H,6,13H2. The van der Waals surface area contributed by atoms with Gasteiger partial charge in [0.25, 0.3) is 0 Å². The van der Waals surface area contributed by atoms with Gasteiger partial charge < -0.3 is 5.73 Å². The maximum absolute atomic E-state index is 5.80. The topological polar surface area (TPSA) is 38.9 Å². The van der Waals surface area contributed by atoms with Crippen molar-refractivity contribution in [1.29, 1.82) is 0 Å². The van der Waals surface area contributed by atoms with E-state index in [2.05, 4.69) is 37.7 Å². The van der Waals surface area contributed by atoms with Crippen molar-refractivity contribution >= 4 is 39.0 Å². The van der Waals surface area contributed by atoms with E-state index in [1.54, 1.807) is 29.3 Å². The van der Waals surface area contributed by atoms with Gasteiger partial charge in [-0.25, -0.2) is 4.98 Å². The Hall–Kier alpha value is -0.360. The van der Waals surface area contributed by atoms with Crippen molar-refractivity contribution in [2.75, 3.05) is 6.54 Å². The summed E-state index contributed by atoms with van der Waals surface area (Å²) in [6.45, 7) is 0.615. The zero-order valence-electron chi connectivity index (χ0n) is 8.47. The van der Waals surface area contributed by atoms with Crippen LogP contribution in [0.5, 0.6) is 0 Å². The molecule has 0 saturated heterocycles. The van der Waals surface area contributed by atoms with E-state index in [-0.39, 0.29) is 5.25 Å². The SMILES string of the molecule is NCC(Sc1ncccc1Br)c1ccsc1. The number of nitrogens with two attached hydrogens (primary N) is 1.